The minimum atomic E-state index is -2.65. The Labute approximate surface area is 233 Å². The third-order valence-electron chi connectivity index (χ3n) is 6.73. The lowest BCUT2D eigenvalue weighted by Crippen LogP contribution is -2.19. The van der Waals surface area contributed by atoms with Crippen molar-refractivity contribution in [3.05, 3.63) is 60.4 Å². The Kier molecular flexibility index (Phi) is 4.65. The molecule has 198 valence electrons. The number of nitrogens with zero attached hydrogens (tertiary/aromatic N) is 7. The average Bonchev–Trinajstić information content (AvgIpc) is 3.57. The van der Waals surface area contributed by atoms with Gasteiger partial charge in [0.05, 0.1) is 24.5 Å². The predicted octanol–water partition coefficient (Wildman–Crippen LogP) is 3.98. The molecule has 1 fully saturated rings. The van der Waals surface area contributed by atoms with Gasteiger partial charge in [0, 0.05) is 40.7 Å². The number of nitrogens with one attached hydrogen (secondary N) is 1. The first kappa shape index (κ1) is 18.5. The van der Waals surface area contributed by atoms with Crippen LogP contribution in [0.1, 0.15) is 27.1 Å². The van der Waals surface area contributed by atoms with E-state index >= 15 is 0 Å². The molecule has 11 nitrogen and oxygen atoms in total. The second-order valence-corrected chi connectivity index (χ2v) is 9.44. The highest BCUT2D eigenvalue weighted by molar-refractivity contribution is 6.01. The Morgan fingerprint density at radius 2 is 2.00 bits per heavy atom. The van der Waals surface area contributed by atoms with Crippen LogP contribution >= 0.6 is 0 Å². The molecule has 1 aliphatic carbocycles. The van der Waals surface area contributed by atoms with Crippen molar-refractivity contribution in [2.75, 3.05) is 31.3 Å². The van der Waals surface area contributed by atoms with Crippen molar-refractivity contribution in [1.29, 1.82) is 0 Å². The van der Waals surface area contributed by atoms with E-state index in [0.717, 1.165) is 11.3 Å². The highest BCUT2D eigenvalue weighted by Crippen LogP contribution is 2.39. The smallest absolute Gasteiger partial charge is 0.228 e. The van der Waals surface area contributed by atoms with E-state index in [4.69, 9.17) is 17.7 Å². The Bertz CT molecular complexity index is 1890. The summed E-state index contributed by atoms with van der Waals surface area (Å²) in [6, 6.07) is 11.6. The summed E-state index contributed by atoms with van der Waals surface area (Å²) in [7, 11) is -1.10. The van der Waals surface area contributed by atoms with Crippen LogP contribution in [0.5, 0.6) is 11.5 Å². The lowest BCUT2D eigenvalue weighted by molar-refractivity contribution is -0.117. The number of benzene rings is 1. The van der Waals surface area contributed by atoms with Crippen molar-refractivity contribution in [2.45, 2.75) is 19.9 Å². The molecule has 39 heavy (non-hydrogen) atoms. The lowest BCUT2D eigenvalue weighted by atomic mass is 10.1. The van der Waals surface area contributed by atoms with Crippen LogP contribution in [0.25, 0.3) is 27.9 Å². The molecule has 1 aliphatic rings. The summed E-state index contributed by atoms with van der Waals surface area (Å²) in [5.74, 6) is 1.10. The van der Waals surface area contributed by atoms with Crippen molar-refractivity contribution < 1.29 is 22.5 Å². The molecule has 0 unspecified atom stereocenters. The topological polar surface area (TPSA) is 120 Å². The van der Waals surface area contributed by atoms with Crippen LogP contribution in [0.3, 0.4) is 0 Å². The first-order chi connectivity index (χ1) is 21.3. The third-order valence-corrected chi connectivity index (χ3v) is 6.73. The number of hydrogen-bond donors (Lipinski definition) is 1. The summed E-state index contributed by atoms with van der Waals surface area (Å²) in [5, 5.41) is 16.2. The normalized spacial score (nSPS) is 19.2. The van der Waals surface area contributed by atoms with Crippen molar-refractivity contribution >= 4 is 34.1 Å². The van der Waals surface area contributed by atoms with E-state index < -0.39 is 14.0 Å². The highest BCUT2D eigenvalue weighted by Gasteiger charge is 2.39. The number of hydrogen-bond acceptors (Lipinski definition) is 9. The fraction of sp³-hybridized carbons (Fsp3) is 0.286. The molecule has 0 radical (unpaired) electrons. The van der Waals surface area contributed by atoms with Gasteiger partial charge in [-0.25, -0.2) is 14.5 Å². The van der Waals surface area contributed by atoms with Gasteiger partial charge in [-0.05, 0) is 48.2 Å². The fourth-order valence-electron chi connectivity index (χ4n) is 4.39. The van der Waals surface area contributed by atoms with Crippen LogP contribution in [-0.4, -0.2) is 56.8 Å². The van der Waals surface area contributed by atoms with Crippen LogP contribution in [0.2, 0.25) is 0 Å². The number of aromatic nitrogens is 6. The monoisotopic (exact) mass is 530 g/mol. The molecule has 0 spiro atoms. The van der Waals surface area contributed by atoms with E-state index in [-0.39, 0.29) is 53.0 Å². The van der Waals surface area contributed by atoms with Gasteiger partial charge in [0.2, 0.25) is 5.91 Å². The van der Waals surface area contributed by atoms with E-state index in [0.29, 0.717) is 27.9 Å². The number of carbonyl (C=O) groups is 1. The van der Waals surface area contributed by atoms with Gasteiger partial charge in [-0.2, -0.15) is 0 Å². The van der Waals surface area contributed by atoms with E-state index in [1.807, 2.05) is 6.92 Å². The van der Waals surface area contributed by atoms with Gasteiger partial charge in [0.15, 0.2) is 23.1 Å². The zero-order valence-corrected chi connectivity index (χ0v) is 21.1. The molecule has 0 bridgehead atoms. The van der Waals surface area contributed by atoms with Crippen molar-refractivity contribution in [1.82, 2.24) is 29.8 Å². The summed E-state index contributed by atoms with van der Waals surface area (Å²) in [6.45, 7) is -0.651. The van der Waals surface area contributed by atoms with E-state index in [1.54, 1.807) is 43.5 Å². The molecule has 5 aromatic rings. The van der Waals surface area contributed by atoms with E-state index in [1.165, 1.54) is 23.0 Å². The number of anilines is 2. The van der Waals surface area contributed by atoms with Crippen LogP contribution < -0.4 is 19.7 Å². The molecule has 1 N–H and O–H groups in total. The number of fused-ring (bicyclic) bond motifs is 2. The van der Waals surface area contributed by atoms with Gasteiger partial charge in [0.1, 0.15) is 17.0 Å². The average molecular weight is 531 g/mol. The fourth-order valence-corrected chi connectivity index (χ4v) is 4.39. The Morgan fingerprint density at radius 1 is 1.18 bits per heavy atom. The molecule has 4 heterocycles. The largest absolute Gasteiger partial charge is 0.497 e. The summed E-state index contributed by atoms with van der Waals surface area (Å²) < 4.78 is 58.6. The van der Waals surface area contributed by atoms with Crippen LogP contribution in [0.15, 0.2) is 54.9 Å². The number of methoxy groups -OCH3 is 2. The molecule has 2 atom stereocenters. The molecule has 0 aliphatic heterocycles. The second kappa shape index (κ2) is 9.82. The van der Waals surface area contributed by atoms with Crippen LogP contribution in [-0.2, 0) is 11.3 Å². The SMILES string of the molecule is [2H]C([2H])([2H])Oc1ccc2nc(-c3cnc(N(Cc4ccc(OC)cc4)C([2H])([2H])[2H])c4nnc(NC(=O)[C@H]5C[C@H]5C)cc34)nn2c1. The molecule has 1 amide bonds. The number of carbonyl (C=O) groups excluding carboxylic acids is 1. The van der Waals surface area contributed by atoms with Gasteiger partial charge in [-0.15, -0.1) is 15.3 Å². The second-order valence-electron chi connectivity index (χ2n) is 9.44. The van der Waals surface area contributed by atoms with Gasteiger partial charge < -0.3 is 19.7 Å². The number of rotatable bonds is 8. The molecule has 0 saturated heterocycles. The summed E-state index contributed by atoms with van der Waals surface area (Å²) in [4.78, 5) is 22.9. The van der Waals surface area contributed by atoms with Gasteiger partial charge in [0.25, 0.3) is 0 Å². The number of pyridine rings is 2. The molecule has 1 saturated carbocycles. The lowest BCUT2D eigenvalue weighted by Gasteiger charge is -2.20. The maximum absolute atomic E-state index is 12.7. The first-order valence-electron chi connectivity index (χ1n) is 15.2. The summed E-state index contributed by atoms with van der Waals surface area (Å²) >= 11 is 0. The van der Waals surface area contributed by atoms with Crippen LogP contribution in [0.4, 0.5) is 11.6 Å². The Hall–Kier alpha value is -4.80. The number of amides is 1. The zero-order valence-electron chi connectivity index (χ0n) is 27.1. The van der Waals surface area contributed by atoms with Gasteiger partial charge >= 0.3 is 0 Å². The van der Waals surface area contributed by atoms with Gasteiger partial charge in [-0.3, -0.25) is 4.79 Å². The molecular formula is C28H28N8O3. The zero-order chi connectivity index (χ0) is 32.1. The molecule has 4 aromatic heterocycles. The maximum atomic E-state index is 12.7. The molecule has 11 heteroatoms. The minimum absolute atomic E-state index is 0.0272. The third kappa shape index (κ3) is 4.78. The highest BCUT2D eigenvalue weighted by atomic mass is 16.5. The molecule has 1 aromatic carbocycles. The van der Waals surface area contributed by atoms with Gasteiger partial charge in [-0.1, -0.05) is 19.1 Å². The maximum Gasteiger partial charge on any atom is 0.228 e. The van der Waals surface area contributed by atoms with E-state index in [2.05, 4.69) is 30.6 Å². The minimum Gasteiger partial charge on any atom is -0.497 e. The molecule has 6 rings (SSSR count). The first-order valence-corrected chi connectivity index (χ1v) is 12.2. The predicted molar refractivity (Wildman–Crippen MR) is 147 cm³/mol. The summed E-state index contributed by atoms with van der Waals surface area (Å²) in [6.07, 6.45) is 3.61. The van der Waals surface area contributed by atoms with Crippen LogP contribution in [0, 0.1) is 11.8 Å². The quantitative estimate of drug-likeness (QED) is 0.318. The van der Waals surface area contributed by atoms with Crippen molar-refractivity contribution in [3.63, 3.8) is 0 Å². The molecular weight excluding hydrogens is 496 g/mol. The number of ether oxygens (including phenoxy) is 2. The Morgan fingerprint density at radius 3 is 2.74 bits per heavy atom. The van der Waals surface area contributed by atoms with E-state index in [9.17, 15) is 4.79 Å². The van der Waals surface area contributed by atoms with Crippen molar-refractivity contribution in [3.8, 4) is 22.9 Å². The Balaban J connectivity index is 1.46. The van der Waals surface area contributed by atoms with Crippen molar-refractivity contribution in [2.24, 2.45) is 11.8 Å². The summed E-state index contributed by atoms with van der Waals surface area (Å²) in [5.41, 5.74) is 1.62. The standard InChI is InChI=1S/C28H28N8O3/c1-16-11-20(16)28(37)30-23-12-21-22(26-31-24-10-9-19(39-4)15-36(24)34-26)13-29-27(25(21)33-32-23)35(2)14-17-5-7-18(38-3)8-6-17/h5-10,12-13,15-16,20H,11,14H2,1-4H3,(H,30,32,37)/t16-,20+/m1/s1/i2D3,4D3.